The molecule has 0 aromatic rings. The summed E-state index contributed by atoms with van der Waals surface area (Å²) in [5.41, 5.74) is -4.11. The van der Waals surface area contributed by atoms with E-state index in [4.69, 9.17) is 4.74 Å². The third kappa shape index (κ3) is 5.43. The molecule has 3 N–H and O–H groups in total. The summed E-state index contributed by atoms with van der Waals surface area (Å²) in [4.78, 5) is 37.1. The molecule has 0 aromatic heterocycles. The molecule has 7 nitrogen and oxygen atoms in total. The van der Waals surface area contributed by atoms with Crippen LogP contribution in [0.1, 0.15) is 85.5 Å². The van der Waals surface area contributed by atoms with Crippen molar-refractivity contribution in [3.8, 4) is 0 Å². The second-order valence-electron chi connectivity index (χ2n) is 7.12. The summed E-state index contributed by atoms with van der Waals surface area (Å²) < 4.78 is 5.81. The number of unbranched alkanes of at least 4 members (excludes halogenated alkanes) is 3. The van der Waals surface area contributed by atoms with Crippen molar-refractivity contribution in [2.24, 2.45) is 11.3 Å². The van der Waals surface area contributed by atoms with Crippen LogP contribution in [-0.4, -0.2) is 45.4 Å². The average Bonchev–Trinajstić information content (AvgIpc) is 2.61. The van der Waals surface area contributed by atoms with Crippen LogP contribution in [0.4, 0.5) is 0 Å². The number of ether oxygens (including phenoxy) is 1. The van der Waals surface area contributed by atoms with E-state index in [9.17, 15) is 29.7 Å². The van der Waals surface area contributed by atoms with Gasteiger partial charge in [-0.2, -0.15) is 0 Å². The molecule has 7 heteroatoms. The third-order valence-electron chi connectivity index (χ3n) is 5.46. The van der Waals surface area contributed by atoms with Gasteiger partial charge < -0.3 is 20.1 Å². The fourth-order valence-electron chi connectivity index (χ4n) is 3.79. The van der Waals surface area contributed by atoms with Crippen molar-refractivity contribution in [3.05, 3.63) is 0 Å². The van der Waals surface area contributed by atoms with E-state index in [1.807, 2.05) is 20.8 Å². The van der Waals surface area contributed by atoms with Gasteiger partial charge in [-0.25, -0.2) is 4.79 Å². The van der Waals surface area contributed by atoms with Gasteiger partial charge in [0.05, 0.1) is 5.92 Å². The SMILES string of the molecule is CCCCOC(C(=O)O)(C(CCCC)C(=O)O)C(CC)(CCCC)C(=O)O. The molecule has 0 rings (SSSR count). The zero-order valence-corrected chi connectivity index (χ0v) is 17.1. The number of aliphatic carboxylic acids is 3. The maximum atomic E-state index is 12.5. The molecule has 0 heterocycles. The van der Waals surface area contributed by atoms with Crippen molar-refractivity contribution in [1.29, 1.82) is 0 Å². The summed E-state index contributed by atoms with van der Waals surface area (Å²) in [6.45, 7) is 7.28. The molecule has 0 saturated heterocycles. The van der Waals surface area contributed by atoms with Crippen molar-refractivity contribution in [3.63, 3.8) is 0 Å². The summed E-state index contributed by atoms with van der Waals surface area (Å²) in [7, 11) is 0. The Morgan fingerprint density at radius 1 is 0.852 bits per heavy atom. The Morgan fingerprint density at radius 2 is 1.41 bits per heavy atom. The summed E-state index contributed by atoms with van der Waals surface area (Å²) in [5, 5.41) is 30.2. The Morgan fingerprint density at radius 3 is 1.78 bits per heavy atom. The normalized spacial score (nSPS) is 16.9. The lowest BCUT2D eigenvalue weighted by Crippen LogP contribution is -2.65. The van der Waals surface area contributed by atoms with E-state index in [0.29, 0.717) is 32.1 Å². The van der Waals surface area contributed by atoms with Gasteiger partial charge in [-0.3, -0.25) is 9.59 Å². The summed E-state index contributed by atoms with van der Waals surface area (Å²) in [5.74, 6) is -5.56. The molecule has 0 saturated carbocycles. The van der Waals surface area contributed by atoms with Crippen LogP contribution in [0.15, 0.2) is 0 Å². The summed E-state index contributed by atoms with van der Waals surface area (Å²) in [6.07, 6.45) is 3.67. The minimum Gasteiger partial charge on any atom is -0.481 e. The predicted octanol–water partition coefficient (Wildman–Crippen LogP) is 4.19. The number of carboxylic acids is 3. The van der Waals surface area contributed by atoms with E-state index >= 15 is 0 Å². The first-order chi connectivity index (χ1) is 12.7. The quantitative estimate of drug-likeness (QED) is 0.339. The topological polar surface area (TPSA) is 121 Å². The van der Waals surface area contributed by atoms with Gasteiger partial charge in [-0.05, 0) is 25.7 Å². The maximum absolute atomic E-state index is 12.5. The number of carbonyl (C=O) groups is 3. The van der Waals surface area contributed by atoms with Crippen LogP contribution in [0.25, 0.3) is 0 Å². The maximum Gasteiger partial charge on any atom is 0.338 e. The third-order valence-corrected chi connectivity index (χ3v) is 5.46. The van der Waals surface area contributed by atoms with Crippen LogP contribution >= 0.6 is 0 Å². The van der Waals surface area contributed by atoms with Crippen molar-refractivity contribution in [2.75, 3.05) is 6.61 Å². The Bertz CT molecular complexity index is 491. The van der Waals surface area contributed by atoms with Crippen LogP contribution in [-0.2, 0) is 19.1 Å². The highest BCUT2D eigenvalue weighted by atomic mass is 16.5. The highest BCUT2D eigenvalue weighted by Gasteiger charge is 2.66. The molecule has 0 aromatic carbocycles. The second-order valence-corrected chi connectivity index (χ2v) is 7.12. The molecular formula is C20H36O7. The lowest BCUT2D eigenvalue weighted by atomic mass is 9.60. The Labute approximate surface area is 162 Å². The van der Waals surface area contributed by atoms with Gasteiger partial charge in [0.2, 0.25) is 0 Å². The molecule has 3 atom stereocenters. The van der Waals surface area contributed by atoms with E-state index in [2.05, 4.69) is 0 Å². The number of carboxylic acid groups (broad SMARTS) is 3. The highest BCUT2D eigenvalue weighted by molar-refractivity contribution is 5.93. The molecule has 0 aliphatic rings. The van der Waals surface area contributed by atoms with Gasteiger partial charge in [0.25, 0.3) is 0 Å². The van der Waals surface area contributed by atoms with Crippen LogP contribution in [0, 0.1) is 11.3 Å². The zero-order chi connectivity index (χ0) is 21.1. The van der Waals surface area contributed by atoms with E-state index in [0.717, 1.165) is 6.42 Å². The highest BCUT2D eigenvalue weighted by Crippen LogP contribution is 2.49. The van der Waals surface area contributed by atoms with Gasteiger partial charge >= 0.3 is 17.9 Å². The Hall–Kier alpha value is -1.63. The largest absolute Gasteiger partial charge is 0.481 e. The van der Waals surface area contributed by atoms with Gasteiger partial charge in [0.15, 0.2) is 5.60 Å². The molecule has 0 amide bonds. The molecule has 0 spiro atoms. The molecule has 0 radical (unpaired) electrons. The second kappa shape index (κ2) is 12.0. The number of hydrogen-bond acceptors (Lipinski definition) is 4. The summed E-state index contributed by atoms with van der Waals surface area (Å²) >= 11 is 0. The minimum atomic E-state index is -2.31. The first kappa shape index (κ1) is 25.4. The van der Waals surface area contributed by atoms with E-state index in [-0.39, 0.29) is 25.9 Å². The molecule has 0 aliphatic carbocycles. The Balaban J connectivity index is 6.64. The van der Waals surface area contributed by atoms with Gasteiger partial charge in [-0.15, -0.1) is 0 Å². The van der Waals surface area contributed by atoms with Crippen LogP contribution in [0.3, 0.4) is 0 Å². The molecule has 0 fully saturated rings. The van der Waals surface area contributed by atoms with Crippen LogP contribution in [0.2, 0.25) is 0 Å². The molecule has 27 heavy (non-hydrogen) atoms. The smallest absolute Gasteiger partial charge is 0.338 e. The van der Waals surface area contributed by atoms with Crippen molar-refractivity contribution >= 4 is 17.9 Å². The van der Waals surface area contributed by atoms with E-state index in [1.54, 1.807) is 6.92 Å². The zero-order valence-electron chi connectivity index (χ0n) is 17.1. The molecule has 0 bridgehead atoms. The number of hydrogen-bond donors (Lipinski definition) is 3. The van der Waals surface area contributed by atoms with E-state index < -0.39 is 34.8 Å². The molecular weight excluding hydrogens is 352 g/mol. The van der Waals surface area contributed by atoms with Gasteiger partial charge in [0, 0.05) is 6.61 Å². The fourth-order valence-corrected chi connectivity index (χ4v) is 3.79. The fraction of sp³-hybridized carbons (Fsp3) is 0.850. The molecule has 158 valence electrons. The first-order valence-corrected chi connectivity index (χ1v) is 10.0. The molecule has 0 aliphatic heterocycles. The lowest BCUT2D eigenvalue weighted by molar-refractivity contribution is -0.220. The van der Waals surface area contributed by atoms with Gasteiger partial charge in [-0.1, -0.05) is 59.8 Å². The van der Waals surface area contributed by atoms with Crippen molar-refractivity contribution < 1.29 is 34.4 Å². The first-order valence-electron chi connectivity index (χ1n) is 10.0. The summed E-state index contributed by atoms with van der Waals surface area (Å²) in [6, 6.07) is 0. The van der Waals surface area contributed by atoms with E-state index in [1.165, 1.54) is 0 Å². The molecule has 3 unspecified atom stereocenters. The van der Waals surface area contributed by atoms with Crippen molar-refractivity contribution in [2.45, 2.75) is 91.1 Å². The van der Waals surface area contributed by atoms with Crippen LogP contribution < -0.4 is 0 Å². The van der Waals surface area contributed by atoms with Crippen LogP contribution in [0.5, 0.6) is 0 Å². The average molecular weight is 389 g/mol. The predicted molar refractivity (Wildman–Crippen MR) is 102 cm³/mol. The van der Waals surface area contributed by atoms with Gasteiger partial charge in [0.1, 0.15) is 5.41 Å². The van der Waals surface area contributed by atoms with Crippen molar-refractivity contribution in [1.82, 2.24) is 0 Å². The number of rotatable bonds is 16. The minimum absolute atomic E-state index is 0.0137. The monoisotopic (exact) mass is 388 g/mol. The lowest BCUT2D eigenvalue weighted by Gasteiger charge is -2.47. The standard InChI is InChI=1S/C20H36O7/c1-5-9-12-15(16(21)22)20(18(25)26,27-14-11-7-3)19(8-4,17(23)24)13-10-6-2/h15H,5-14H2,1-4H3,(H,21,22)(H,23,24)(H,25,26). The Kier molecular flexibility index (Phi) is 11.2.